The van der Waals surface area contributed by atoms with Crippen LogP contribution in [0.5, 0.6) is 0 Å². The van der Waals surface area contributed by atoms with E-state index in [-0.39, 0.29) is 12.5 Å². The van der Waals surface area contributed by atoms with Gasteiger partial charge in [-0.25, -0.2) is 0 Å². The second kappa shape index (κ2) is 52.5. The molecular formula is C63H107N2O6P. The molecule has 3 unspecified atom stereocenters. The molecule has 0 aliphatic carbocycles. The Morgan fingerprint density at radius 1 is 0.500 bits per heavy atom. The van der Waals surface area contributed by atoms with E-state index in [9.17, 15) is 19.4 Å². The maximum absolute atomic E-state index is 12.9. The van der Waals surface area contributed by atoms with E-state index < -0.39 is 26.6 Å². The number of aliphatic hydroxyl groups is 1. The Kier molecular flexibility index (Phi) is 50.1. The third-order valence-electron chi connectivity index (χ3n) is 11.9. The van der Waals surface area contributed by atoms with Gasteiger partial charge in [0.05, 0.1) is 39.9 Å². The summed E-state index contributed by atoms with van der Waals surface area (Å²) in [6.07, 6.45) is 79.5. The average Bonchev–Trinajstić information content (AvgIpc) is 3.34. The summed E-state index contributed by atoms with van der Waals surface area (Å²) in [5.74, 6) is -0.219. The first-order valence-corrected chi connectivity index (χ1v) is 30.0. The minimum Gasteiger partial charge on any atom is -0.756 e. The first kappa shape index (κ1) is 68.6. The van der Waals surface area contributed by atoms with Gasteiger partial charge in [0.25, 0.3) is 7.82 Å². The SMILES string of the molecule is CC/C=C\C/C=C\C/C=C\C/C=C\C/C=C\C/C=C\C/C=C\C/C=C\C/C=C\C/C=C\CCCCCCCCC(=O)NC(COP(=O)([O-])OCC[N+](C)(C)C)C(O)/C=C/CCCCCCCCCCCCC. The van der Waals surface area contributed by atoms with Crippen molar-refractivity contribution in [3.63, 3.8) is 0 Å². The number of aliphatic hydroxyl groups excluding tert-OH is 1. The van der Waals surface area contributed by atoms with Crippen molar-refractivity contribution in [2.75, 3.05) is 40.9 Å². The van der Waals surface area contributed by atoms with Gasteiger partial charge in [-0.05, 0) is 96.3 Å². The summed E-state index contributed by atoms with van der Waals surface area (Å²) in [5.41, 5.74) is 0. The number of hydrogen-bond donors (Lipinski definition) is 2. The van der Waals surface area contributed by atoms with Crippen molar-refractivity contribution in [3.8, 4) is 0 Å². The molecule has 0 rings (SSSR count). The second-order valence-electron chi connectivity index (χ2n) is 19.9. The normalized spacial score (nSPS) is 14.9. The largest absolute Gasteiger partial charge is 0.756 e. The summed E-state index contributed by atoms with van der Waals surface area (Å²) in [6, 6.07) is -0.903. The number of nitrogens with zero attached hydrogens (tertiary/aromatic N) is 1. The molecule has 0 aromatic carbocycles. The molecule has 3 atom stereocenters. The third kappa shape index (κ3) is 54.4. The Bertz CT molecular complexity index is 1630. The van der Waals surface area contributed by atoms with Crippen LogP contribution in [0.3, 0.4) is 0 Å². The standard InChI is InChI=1S/C63H107N2O6P/c1-6-8-10-12-14-16-18-20-21-22-23-24-25-26-27-28-29-30-31-32-33-34-35-36-37-38-39-40-41-42-43-45-47-49-51-53-55-57-63(67)64-61(60-71-72(68,69)70-59-58-65(3,4)5)62(66)56-54-52-50-48-46-44-19-17-15-13-11-9-7-2/h8,10,14,16,20-21,23-24,26-27,29-30,32-33,35-36,38-39,41-42,54,56,61-62,66H,6-7,9,11-13,15,17-19,22,25,28,31,34,37,40,43-53,55,57-60H2,1-5H3,(H-,64,67,68,69)/b10-8-,16-14-,21-20-,24-23-,27-26-,30-29-,33-32-,36-35-,39-38-,42-41-,56-54+. The Hall–Kier alpha value is -3.36. The van der Waals surface area contributed by atoms with E-state index in [4.69, 9.17) is 9.05 Å². The van der Waals surface area contributed by atoms with E-state index in [0.717, 1.165) is 128 Å². The lowest BCUT2D eigenvalue weighted by atomic mass is 10.0. The molecular weight excluding hydrogens is 912 g/mol. The molecule has 0 spiro atoms. The number of amides is 1. The number of nitrogens with one attached hydrogen (secondary N) is 1. The number of quaternary nitrogens is 1. The Morgan fingerprint density at radius 3 is 1.24 bits per heavy atom. The number of carbonyl (C=O) groups excluding carboxylic acids is 1. The highest BCUT2D eigenvalue weighted by Gasteiger charge is 2.23. The summed E-state index contributed by atoms with van der Waals surface area (Å²) in [6.45, 7) is 4.49. The van der Waals surface area contributed by atoms with Crippen LogP contribution in [0.2, 0.25) is 0 Å². The molecule has 410 valence electrons. The molecule has 0 radical (unpaired) electrons. The van der Waals surface area contributed by atoms with Crippen LogP contribution in [0.25, 0.3) is 0 Å². The molecule has 1 amide bonds. The summed E-state index contributed by atoms with van der Waals surface area (Å²) in [4.78, 5) is 25.4. The Balaban J connectivity index is 4.20. The van der Waals surface area contributed by atoms with E-state index >= 15 is 0 Å². The van der Waals surface area contributed by atoms with Crippen molar-refractivity contribution in [2.24, 2.45) is 0 Å². The molecule has 0 aromatic rings. The van der Waals surface area contributed by atoms with Crippen LogP contribution in [-0.4, -0.2) is 68.5 Å². The number of hydrogen-bond acceptors (Lipinski definition) is 6. The zero-order valence-corrected chi connectivity index (χ0v) is 47.5. The molecule has 0 saturated carbocycles. The van der Waals surface area contributed by atoms with E-state index in [0.29, 0.717) is 17.4 Å². The van der Waals surface area contributed by atoms with Crippen molar-refractivity contribution >= 4 is 13.7 Å². The van der Waals surface area contributed by atoms with E-state index in [1.54, 1.807) is 6.08 Å². The topological polar surface area (TPSA) is 108 Å². The number of likely N-dealkylation sites (N-methyl/N-ethyl adjacent to an activating group) is 1. The molecule has 0 heterocycles. The summed E-state index contributed by atoms with van der Waals surface area (Å²) < 4.78 is 23.3. The Morgan fingerprint density at radius 2 is 0.847 bits per heavy atom. The van der Waals surface area contributed by atoms with Crippen LogP contribution in [0.4, 0.5) is 0 Å². The number of carbonyl (C=O) groups is 1. The number of unbranched alkanes of at least 4 members (excludes halogenated alkanes) is 17. The highest BCUT2D eigenvalue weighted by Crippen LogP contribution is 2.38. The van der Waals surface area contributed by atoms with Crippen LogP contribution >= 0.6 is 7.82 Å². The van der Waals surface area contributed by atoms with E-state index in [1.807, 2.05) is 27.2 Å². The van der Waals surface area contributed by atoms with Gasteiger partial charge in [0.1, 0.15) is 13.2 Å². The molecule has 0 bridgehead atoms. The van der Waals surface area contributed by atoms with E-state index in [2.05, 4.69) is 141 Å². The monoisotopic (exact) mass is 1020 g/mol. The summed E-state index contributed by atoms with van der Waals surface area (Å²) in [5, 5.41) is 13.8. The van der Waals surface area contributed by atoms with Crippen LogP contribution in [0.1, 0.15) is 206 Å². The summed E-state index contributed by atoms with van der Waals surface area (Å²) in [7, 11) is 1.23. The van der Waals surface area contributed by atoms with Gasteiger partial charge < -0.3 is 28.8 Å². The van der Waals surface area contributed by atoms with Gasteiger partial charge in [0.2, 0.25) is 5.91 Å². The molecule has 0 aliphatic heterocycles. The highest BCUT2D eigenvalue weighted by atomic mass is 31.2. The lowest BCUT2D eigenvalue weighted by Gasteiger charge is -2.29. The van der Waals surface area contributed by atoms with Crippen molar-refractivity contribution in [1.82, 2.24) is 5.32 Å². The maximum Gasteiger partial charge on any atom is 0.268 e. The fraction of sp³-hybridized carbons (Fsp3) is 0.635. The van der Waals surface area contributed by atoms with Crippen molar-refractivity contribution in [3.05, 3.63) is 134 Å². The minimum atomic E-state index is -4.61. The van der Waals surface area contributed by atoms with Gasteiger partial charge in [0.15, 0.2) is 0 Å². The van der Waals surface area contributed by atoms with Crippen LogP contribution in [0, 0.1) is 0 Å². The van der Waals surface area contributed by atoms with Gasteiger partial charge in [-0.3, -0.25) is 9.36 Å². The molecule has 0 fully saturated rings. The van der Waals surface area contributed by atoms with Crippen molar-refractivity contribution < 1.29 is 32.9 Å². The van der Waals surface area contributed by atoms with Gasteiger partial charge in [-0.2, -0.15) is 0 Å². The van der Waals surface area contributed by atoms with Crippen LogP contribution in [0.15, 0.2) is 134 Å². The molecule has 0 aliphatic rings. The minimum absolute atomic E-state index is 0.0111. The number of rotatable bonds is 50. The molecule has 9 heteroatoms. The predicted octanol–water partition coefficient (Wildman–Crippen LogP) is 16.9. The molecule has 0 saturated heterocycles. The quantitative estimate of drug-likeness (QED) is 0.0272. The zero-order chi connectivity index (χ0) is 52.7. The highest BCUT2D eigenvalue weighted by molar-refractivity contribution is 7.45. The zero-order valence-electron chi connectivity index (χ0n) is 46.6. The van der Waals surface area contributed by atoms with Crippen molar-refractivity contribution in [1.29, 1.82) is 0 Å². The molecule has 72 heavy (non-hydrogen) atoms. The molecule has 2 N–H and O–H groups in total. The van der Waals surface area contributed by atoms with Gasteiger partial charge in [-0.15, -0.1) is 0 Å². The fourth-order valence-electron chi connectivity index (χ4n) is 7.41. The fourth-order valence-corrected chi connectivity index (χ4v) is 8.14. The van der Waals surface area contributed by atoms with E-state index in [1.165, 1.54) is 57.8 Å². The molecule has 0 aromatic heterocycles. The number of allylic oxidation sites excluding steroid dienone is 21. The second-order valence-corrected chi connectivity index (χ2v) is 21.3. The lowest BCUT2D eigenvalue weighted by molar-refractivity contribution is -0.870. The lowest BCUT2D eigenvalue weighted by Crippen LogP contribution is -2.45. The first-order chi connectivity index (χ1) is 35.0. The van der Waals surface area contributed by atoms with Gasteiger partial charge >= 0.3 is 0 Å². The Labute approximate surface area is 443 Å². The smallest absolute Gasteiger partial charge is 0.268 e. The van der Waals surface area contributed by atoms with Crippen LogP contribution < -0.4 is 10.2 Å². The third-order valence-corrected chi connectivity index (χ3v) is 12.8. The van der Waals surface area contributed by atoms with Gasteiger partial charge in [0, 0.05) is 6.42 Å². The predicted molar refractivity (Wildman–Crippen MR) is 311 cm³/mol. The van der Waals surface area contributed by atoms with Crippen molar-refractivity contribution in [2.45, 2.75) is 219 Å². The van der Waals surface area contributed by atoms with Crippen LogP contribution in [-0.2, 0) is 18.4 Å². The average molecular weight is 1020 g/mol. The summed E-state index contributed by atoms with van der Waals surface area (Å²) >= 11 is 0. The first-order valence-electron chi connectivity index (χ1n) is 28.5. The molecule has 8 nitrogen and oxygen atoms in total. The number of phosphoric acid groups is 1. The number of phosphoric ester groups is 1. The van der Waals surface area contributed by atoms with Gasteiger partial charge in [-0.1, -0.05) is 237 Å². The maximum atomic E-state index is 12.9.